The topological polar surface area (TPSA) is 75.3 Å². The third-order valence-electron chi connectivity index (χ3n) is 3.22. The van der Waals surface area contributed by atoms with Gasteiger partial charge in [-0.25, -0.2) is 8.42 Å². The summed E-state index contributed by atoms with van der Waals surface area (Å²) in [5.41, 5.74) is 1.02. The molecule has 1 amide bonds. The van der Waals surface area contributed by atoms with Crippen molar-refractivity contribution in [2.45, 2.75) is 18.0 Å². The molecule has 0 saturated carbocycles. The Morgan fingerprint density at radius 3 is 2.46 bits per heavy atom. The number of amides is 1. The lowest BCUT2D eigenvalue weighted by Crippen LogP contribution is -2.33. The van der Waals surface area contributed by atoms with Crippen molar-refractivity contribution < 1.29 is 26.4 Å². The molecule has 140 valence electrons. The Morgan fingerprint density at radius 1 is 1.15 bits per heavy atom. The summed E-state index contributed by atoms with van der Waals surface area (Å²) in [4.78, 5) is 11.5. The molecule has 0 unspecified atom stereocenters. The van der Waals surface area contributed by atoms with Gasteiger partial charge in [-0.1, -0.05) is 12.1 Å². The Morgan fingerprint density at radius 2 is 1.85 bits per heavy atom. The van der Waals surface area contributed by atoms with Crippen LogP contribution in [0.15, 0.2) is 51.8 Å². The molecule has 2 N–H and O–H groups in total. The van der Waals surface area contributed by atoms with Gasteiger partial charge in [0.05, 0.1) is 10.6 Å². The van der Waals surface area contributed by atoms with Crippen molar-refractivity contribution in [2.24, 2.45) is 0 Å². The molecule has 2 aromatic carbocycles. The van der Waals surface area contributed by atoms with Crippen LogP contribution in [-0.4, -0.2) is 27.0 Å². The largest absolute Gasteiger partial charge is 0.405 e. The predicted octanol–water partition coefficient (Wildman–Crippen LogP) is 3.85. The molecule has 0 fully saturated rings. The van der Waals surface area contributed by atoms with Crippen molar-refractivity contribution in [3.63, 3.8) is 0 Å². The van der Waals surface area contributed by atoms with Gasteiger partial charge in [-0.15, -0.1) is 0 Å². The first-order chi connectivity index (χ1) is 12.0. The summed E-state index contributed by atoms with van der Waals surface area (Å²) >= 11 is 3.25. The zero-order chi connectivity index (χ0) is 19.5. The molecule has 2 rings (SSSR count). The number of anilines is 1. The number of alkyl halides is 3. The Labute approximate surface area is 156 Å². The molecular formula is C16H14BrF3N2O3S. The molecular weight excluding hydrogens is 437 g/mol. The van der Waals surface area contributed by atoms with Gasteiger partial charge in [0.15, 0.2) is 0 Å². The van der Waals surface area contributed by atoms with Gasteiger partial charge in [-0.2, -0.15) is 13.2 Å². The summed E-state index contributed by atoms with van der Waals surface area (Å²) in [6.07, 6.45) is -4.56. The summed E-state index contributed by atoms with van der Waals surface area (Å²) in [7, 11) is -4.03. The highest BCUT2D eigenvalue weighted by molar-refractivity contribution is 9.10. The van der Waals surface area contributed by atoms with E-state index in [0.717, 1.165) is 11.6 Å². The zero-order valence-electron chi connectivity index (χ0n) is 13.4. The summed E-state index contributed by atoms with van der Waals surface area (Å²) in [5, 5.41) is 1.70. The molecule has 10 heteroatoms. The van der Waals surface area contributed by atoms with Crippen molar-refractivity contribution in [2.75, 3.05) is 11.3 Å². The van der Waals surface area contributed by atoms with E-state index in [0.29, 0.717) is 10.2 Å². The molecule has 5 nitrogen and oxygen atoms in total. The average Bonchev–Trinajstić information content (AvgIpc) is 2.54. The fraction of sp³-hybridized carbons (Fsp3) is 0.188. The maximum atomic E-state index is 12.5. The monoisotopic (exact) mass is 450 g/mol. The van der Waals surface area contributed by atoms with Crippen molar-refractivity contribution in [3.05, 3.63) is 58.1 Å². The lowest BCUT2D eigenvalue weighted by atomic mass is 10.2. The number of nitrogens with one attached hydrogen (secondary N) is 2. The van der Waals surface area contributed by atoms with Gasteiger partial charge in [0.1, 0.15) is 6.54 Å². The third-order valence-corrected chi connectivity index (χ3v) is 5.24. The normalized spacial score (nSPS) is 11.9. The van der Waals surface area contributed by atoms with Crippen LogP contribution in [0.25, 0.3) is 0 Å². The van der Waals surface area contributed by atoms with E-state index in [4.69, 9.17) is 0 Å². The smallest absolute Gasteiger partial charge is 0.343 e. The van der Waals surface area contributed by atoms with E-state index in [9.17, 15) is 26.4 Å². The van der Waals surface area contributed by atoms with Crippen LogP contribution in [0.4, 0.5) is 18.9 Å². The van der Waals surface area contributed by atoms with Crippen LogP contribution >= 0.6 is 15.9 Å². The number of hydrogen-bond donors (Lipinski definition) is 2. The van der Waals surface area contributed by atoms with Gasteiger partial charge in [0.2, 0.25) is 0 Å². The second-order valence-electron chi connectivity index (χ2n) is 5.41. The quantitative estimate of drug-likeness (QED) is 0.726. The molecule has 0 spiro atoms. The first-order valence-corrected chi connectivity index (χ1v) is 9.49. The minimum absolute atomic E-state index is 0.194. The standard InChI is InChI=1S/C16H14BrF3N2O3S/c1-10-5-6-14(13(17)7-10)22-26(24,25)12-4-2-3-11(8-12)15(23)21-9-16(18,19)20/h2-8,22H,9H2,1H3,(H,21,23). The fourth-order valence-corrected chi connectivity index (χ4v) is 3.84. The number of rotatable bonds is 5. The number of benzene rings is 2. The average molecular weight is 451 g/mol. The molecule has 0 aromatic heterocycles. The molecule has 0 atom stereocenters. The van der Waals surface area contributed by atoms with Crippen molar-refractivity contribution in [1.29, 1.82) is 0 Å². The maximum Gasteiger partial charge on any atom is 0.405 e. The SMILES string of the molecule is Cc1ccc(NS(=O)(=O)c2cccc(C(=O)NCC(F)(F)F)c2)c(Br)c1. The Hall–Kier alpha value is -2.07. The van der Waals surface area contributed by atoms with Gasteiger partial charge < -0.3 is 5.32 Å². The molecule has 0 saturated heterocycles. The first-order valence-electron chi connectivity index (χ1n) is 7.22. The molecule has 0 radical (unpaired) electrons. The van der Waals surface area contributed by atoms with Gasteiger partial charge in [0.25, 0.3) is 15.9 Å². The van der Waals surface area contributed by atoms with Gasteiger partial charge in [-0.3, -0.25) is 9.52 Å². The molecule has 2 aromatic rings. The van der Waals surface area contributed by atoms with Crippen LogP contribution in [-0.2, 0) is 10.0 Å². The molecule has 0 aliphatic heterocycles. The molecule has 0 heterocycles. The minimum atomic E-state index is -4.56. The summed E-state index contributed by atoms with van der Waals surface area (Å²) < 4.78 is 64.4. The van der Waals surface area contributed by atoms with E-state index in [-0.39, 0.29) is 10.5 Å². The van der Waals surface area contributed by atoms with Crippen LogP contribution in [0.3, 0.4) is 0 Å². The molecule has 26 heavy (non-hydrogen) atoms. The van der Waals surface area contributed by atoms with Crippen LogP contribution in [0.5, 0.6) is 0 Å². The number of aryl methyl sites for hydroxylation is 1. The number of carbonyl (C=O) groups is 1. The number of carbonyl (C=O) groups excluding carboxylic acids is 1. The minimum Gasteiger partial charge on any atom is -0.343 e. The van der Waals surface area contributed by atoms with Gasteiger partial charge in [0, 0.05) is 10.0 Å². The maximum absolute atomic E-state index is 12.5. The highest BCUT2D eigenvalue weighted by Crippen LogP contribution is 2.26. The number of hydrogen-bond acceptors (Lipinski definition) is 3. The second-order valence-corrected chi connectivity index (χ2v) is 7.95. The fourth-order valence-electron chi connectivity index (χ4n) is 1.99. The van der Waals surface area contributed by atoms with Crippen LogP contribution in [0, 0.1) is 6.92 Å². The highest BCUT2D eigenvalue weighted by atomic mass is 79.9. The van der Waals surface area contributed by atoms with E-state index in [2.05, 4.69) is 20.7 Å². The lowest BCUT2D eigenvalue weighted by Gasteiger charge is -2.12. The molecule has 0 bridgehead atoms. The van der Waals surface area contributed by atoms with E-state index in [1.165, 1.54) is 18.2 Å². The molecule has 0 aliphatic rings. The van der Waals surface area contributed by atoms with Crippen molar-refractivity contribution >= 4 is 37.5 Å². The van der Waals surface area contributed by atoms with E-state index in [1.807, 2.05) is 6.92 Å². The third kappa shape index (κ3) is 5.46. The van der Waals surface area contributed by atoms with Crippen LogP contribution < -0.4 is 10.0 Å². The summed E-state index contributed by atoms with van der Waals surface area (Å²) in [6, 6.07) is 9.76. The van der Waals surface area contributed by atoms with E-state index < -0.39 is 28.7 Å². The van der Waals surface area contributed by atoms with E-state index >= 15 is 0 Å². The van der Waals surface area contributed by atoms with Crippen molar-refractivity contribution in [1.82, 2.24) is 5.32 Å². The van der Waals surface area contributed by atoms with Crippen LogP contribution in [0.2, 0.25) is 0 Å². The summed E-state index contributed by atoms with van der Waals surface area (Å²) in [6.45, 7) is 0.337. The predicted molar refractivity (Wildman–Crippen MR) is 94.5 cm³/mol. The summed E-state index contributed by atoms with van der Waals surface area (Å²) in [5.74, 6) is -1.02. The first kappa shape index (κ1) is 20.2. The van der Waals surface area contributed by atoms with Gasteiger partial charge in [-0.05, 0) is 58.7 Å². The van der Waals surface area contributed by atoms with Crippen LogP contribution in [0.1, 0.15) is 15.9 Å². The van der Waals surface area contributed by atoms with Crippen molar-refractivity contribution in [3.8, 4) is 0 Å². The number of halogens is 4. The second kappa shape index (κ2) is 7.67. The Kier molecular flexibility index (Phi) is 5.97. The molecule has 0 aliphatic carbocycles. The Balaban J connectivity index is 2.23. The van der Waals surface area contributed by atoms with Gasteiger partial charge >= 0.3 is 6.18 Å². The zero-order valence-corrected chi connectivity index (χ0v) is 15.8. The lowest BCUT2D eigenvalue weighted by molar-refractivity contribution is -0.123. The number of sulfonamides is 1. The highest BCUT2D eigenvalue weighted by Gasteiger charge is 2.28. The van der Waals surface area contributed by atoms with E-state index in [1.54, 1.807) is 23.5 Å². The Bertz CT molecular complexity index is 931.